The molecule has 2 aromatic rings. The average Bonchev–Trinajstić information content (AvgIpc) is 2.70. The Kier molecular flexibility index (Phi) is 6.59. The first-order chi connectivity index (χ1) is 14.5. The summed E-state index contributed by atoms with van der Waals surface area (Å²) in [6.07, 6.45) is -0.236. The number of sulfonamides is 1. The molecule has 166 valence electrons. The zero-order valence-corrected chi connectivity index (χ0v) is 19.2. The van der Waals surface area contributed by atoms with Crippen LogP contribution in [0.25, 0.3) is 0 Å². The van der Waals surface area contributed by atoms with E-state index >= 15 is 0 Å². The number of nitrogens with one attached hydrogen (secondary N) is 2. The fraction of sp³-hybridized carbons (Fsp3) is 0.333. The van der Waals surface area contributed by atoms with E-state index in [0.29, 0.717) is 33.9 Å². The number of amides is 2. The molecule has 10 heteroatoms. The van der Waals surface area contributed by atoms with Gasteiger partial charge in [-0.3, -0.25) is 9.59 Å². The molecule has 0 radical (unpaired) electrons. The molecule has 1 heterocycles. The monoisotopic (exact) mass is 465 g/mol. The van der Waals surface area contributed by atoms with Crippen LogP contribution in [0.4, 0.5) is 11.4 Å². The standard InChI is InChI=1S/C21H24ClN3O5S/c1-5-17-21(27)24-16-9-12(2)19(10-18(16)30-17)31(28,29)25(4)11-20(26)23-15-8-6-7-14(22)13(15)3/h6-10,17H,5,11H2,1-4H3,(H,23,26)(H,24,27). The Morgan fingerprint density at radius 2 is 2.00 bits per heavy atom. The lowest BCUT2D eigenvalue weighted by Crippen LogP contribution is -2.37. The lowest BCUT2D eigenvalue weighted by molar-refractivity contribution is -0.123. The molecule has 1 atom stereocenters. The van der Waals surface area contributed by atoms with E-state index in [-0.39, 0.29) is 23.1 Å². The first kappa shape index (κ1) is 23.1. The number of carbonyl (C=O) groups is 2. The number of anilines is 2. The van der Waals surface area contributed by atoms with Crippen molar-refractivity contribution in [1.29, 1.82) is 0 Å². The van der Waals surface area contributed by atoms with Crippen LogP contribution in [0.5, 0.6) is 5.75 Å². The Morgan fingerprint density at radius 1 is 1.29 bits per heavy atom. The number of benzene rings is 2. The molecule has 2 amide bonds. The molecule has 1 unspecified atom stereocenters. The zero-order chi connectivity index (χ0) is 22.9. The zero-order valence-electron chi connectivity index (χ0n) is 17.7. The largest absolute Gasteiger partial charge is 0.478 e. The molecular weight excluding hydrogens is 442 g/mol. The summed E-state index contributed by atoms with van der Waals surface area (Å²) < 4.78 is 32.9. The molecule has 0 fully saturated rings. The number of fused-ring (bicyclic) bond motifs is 1. The first-order valence-corrected chi connectivity index (χ1v) is 11.5. The van der Waals surface area contributed by atoms with Crippen LogP contribution < -0.4 is 15.4 Å². The summed E-state index contributed by atoms with van der Waals surface area (Å²) in [7, 11) is -2.66. The van der Waals surface area contributed by atoms with Crippen LogP contribution >= 0.6 is 11.6 Å². The number of likely N-dealkylation sites (N-methyl/N-ethyl adjacent to an activating group) is 1. The Morgan fingerprint density at radius 3 is 2.68 bits per heavy atom. The highest BCUT2D eigenvalue weighted by atomic mass is 35.5. The molecule has 31 heavy (non-hydrogen) atoms. The summed E-state index contributed by atoms with van der Waals surface area (Å²) in [5, 5.41) is 5.92. The van der Waals surface area contributed by atoms with Crippen LogP contribution in [0.3, 0.4) is 0 Å². The fourth-order valence-electron chi connectivity index (χ4n) is 3.22. The van der Waals surface area contributed by atoms with E-state index in [2.05, 4.69) is 10.6 Å². The number of halogens is 1. The van der Waals surface area contributed by atoms with Gasteiger partial charge in [0.2, 0.25) is 15.9 Å². The van der Waals surface area contributed by atoms with Crippen molar-refractivity contribution in [3.8, 4) is 5.75 Å². The van der Waals surface area contributed by atoms with Crippen molar-refractivity contribution in [1.82, 2.24) is 4.31 Å². The highest BCUT2D eigenvalue weighted by Gasteiger charge is 2.31. The van der Waals surface area contributed by atoms with Crippen LogP contribution in [-0.4, -0.2) is 44.2 Å². The smallest absolute Gasteiger partial charge is 0.265 e. The van der Waals surface area contributed by atoms with Gasteiger partial charge < -0.3 is 15.4 Å². The lowest BCUT2D eigenvalue weighted by atomic mass is 10.1. The normalized spacial score (nSPS) is 15.8. The van der Waals surface area contributed by atoms with Crippen molar-refractivity contribution in [2.24, 2.45) is 0 Å². The lowest BCUT2D eigenvalue weighted by Gasteiger charge is -2.27. The Hall–Kier alpha value is -2.62. The number of ether oxygens (including phenoxy) is 1. The maximum Gasteiger partial charge on any atom is 0.265 e. The van der Waals surface area contributed by atoms with Gasteiger partial charge in [0, 0.05) is 23.8 Å². The predicted molar refractivity (Wildman–Crippen MR) is 119 cm³/mol. The molecule has 0 aromatic heterocycles. The molecule has 0 bridgehead atoms. The predicted octanol–water partition coefficient (Wildman–Crippen LogP) is 3.33. The molecule has 2 N–H and O–H groups in total. The van der Waals surface area contributed by atoms with Crippen molar-refractivity contribution >= 4 is 44.8 Å². The number of hydrogen-bond donors (Lipinski definition) is 2. The maximum absolute atomic E-state index is 13.1. The minimum atomic E-state index is -3.99. The van der Waals surface area contributed by atoms with E-state index in [4.69, 9.17) is 16.3 Å². The van der Waals surface area contributed by atoms with E-state index < -0.39 is 22.0 Å². The molecule has 8 nitrogen and oxygen atoms in total. The second kappa shape index (κ2) is 8.86. The van der Waals surface area contributed by atoms with Crippen LogP contribution in [0.2, 0.25) is 5.02 Å². The van der Waals surface area contributed by atoms with Crippen LogP contribution in [-0.2, 0) is 19.6 Å². The van der Waals surface area contributed by atoms with E-state index in [1.165, 1.54) is 13.1 Å². The van der Waals surface area contributed by atoms with Gasteiger partial charge in [0.15, 0.2) is 6.10 Å². The third-order valence-corrected chi connectivity index (χ3v) is 7.42. The minimum Gasteiger partial charge on any atom is -0.478 e. The van der Waals surface area contributed by atoms with Gasteiger partial charge in [-0.2, -0.15) is 4.31 Å². The molecule has 0 saturated carbocycles. The third kappa shape index (κ3) is 4.68. The summed E-state index contributed by atoms with van der Waals surface area (Å²) in [5.74, 6) is -0.486. The number of hydrogen-bond acceptors (Lipinski definition) is 5. The number of aryl methyl sites for hydroxylation is 1. The van der Waals surface area contributed by atoms with Gasteiger partial charge in [-0.05, 0) is 49.6 Å². The average molecular weight is 466 g/mol. The number of rotatable bonds is 6. The second-order valence-electron chi connectivity index (χ2n) is 7.34. The molecule has 3 rings (SSSR count). The van der Waals surface area contributed by atoms with Crippen LogP contribution in [0.15, 0.2) is 35.2 Å². The molecule has 0 aliphatic carbocycles. The van der Waals surface area contributed by atoms with Gasteiger partial charge in [0.25, 0.3) is 5.91 Å². The first-order valence-electron chi connectivity index (χ1n) is 9.68. The summed E-state index contributed by atoms with van der Waals surface area (Å²) in [5.41, 5.74) is 2.06. The van der Waals surface area contributed by atoms with E-state index in [9.17, 15) is 18.0 Å². The van der Waals surface area contributed by atoms with E-state index in [1.54, 1.807) is 45.0 Å². The Labute approximate surface area is 186 Å². The summed E-state index contributed by atoms with van der Waals surface area (Å²) in [4.78, 5) is 24.5. The van der Waals surface area contributed by atoms with Crippen molar-refractivity contribution in [3.05, 3.63) is 46.5 Å². The Balaban J connectivity index is 1.81. The highest BCUT2D eigenvalue weighted by molar-refractivity contribution is 7.89. The van der Waals surface area contributed by atoms with Gasteiger partial charge in [0.05, 0.1) is 17.1 Å². The van der Waals surface area contributed by atoms with Gasteiger partial charge in [0.1, 0.15) is 5.75 Å². The molecule has 1 aliphatic heterocycles. The van der Waals surface area contributed by atoms with E-state index in [1.807, 2.05) is 0 Å². The molecule has 0 spiro atoms. The number of carbonyl (C=O) groups excluding carboxylic acids is 2. The SMILES string of the molecule is CCC1Oc2cc(S(=O)(=O)N(C)CC(=O)Nc3cccc(Cl)c3C)c(C)cc2NC1=O. The third-order valence-electron chi connectivity index (χ3n) is 5.06. The number of nitrogens with zero attached hydrogens (tertiary/aromatic N) is 1. The maximum atomic E-state index is 13.1. The van der Waals surface area contributed by atoms with Gasteiger partial charge in [-0.15, -0.1) is 0 Å². The van der Waals surface area contributed by atoms with Crippen molar-refractivity contribution < 1.29 is 22.7 Å². The molecule has 1 aliphatic rings. The Bertz CT molecular complexity index is 1150. The van der Waals surface area contributed by atoms with Crippen molar-refractivity contribution in [2.45, 2.75) is 38.2 Å². The van der Waals surface area contributed by atoms with E-state index in [0.717, 1.165) is 4.31 Å². The highest BCUT2D eigenvalue weighted by Crippen LogP contribution is 2.35. The summed E-state index contributed by atoms with van der Waals surface area (Å²) in [6.45, 7) is 4.79. The second-order valence-corrected chi connectivity index (χ2v) is 9.76. The van der Waals surface area contributed by atoms with Gasteiger partial charge in [-0.1, -0.05) is 24.6 Å². The summed E-state index contributed by atoms with van der Waals surface area (Å²) >= 11 is 6.07. The fourth-order valence-corrected chi connectivity index (χ4v) is 4.74. The summed E-state index contributed by atoms with van der Waals surface area (Å²) in [6, 6.07) is 8.03. The quantitative estimate of drug-likeness (QED) is 0.680. The van der Waals surface area contributed by atoms with Gasteiger partial charge >= 0.3 is 0 Å². The topological polar surface area (TPSA) is 105 Å². The minimum absolute atomic E-state index is 0.00601. The van der Waals surface area contributed by atoms with Crippen LogP contribution in [0, 0.1) is 13.8 Å². The van der Waals surface area contributed by atoms with Crippen LogP contribution in [0.1, 0.15) is 24.5 Å². The van der Waals surface area contributed by atoms with Gasteiger partial charge in [-0.25, -0.2) is 8.42 Å². The molecular formula is C21H24ClN3O5S. The van der Waals surface area contributed by atoms with Crippen molar-refractivity contribution in [3.63, 3.8) is 0 Å². The van der Waals surface area contributed by atoms with Crippen molar-refractivity contribution in [2.75, 3.05) is 24.2 Å². The molecule has 2 aromatic carbocycles. The molecule has 0 saturated heterocycles.